The zero-order chi connectivity index (χ0) is 25.9. The lowest BCUT2D eigenvalue weighted by Gasteiger charge is -2.14. The van der Waals surface area contributed by atoms with Crippen molar-refractivity contribution in [1.82, 2.24) is 9.13 Å². The molecule has 0 saturated carbocycles. The van der Waals surface area contributed by atoms with Crippen molar-refractivity contribution in [3.63, 3.8) is 0 Å². The summed E-state index contributed by atoms with van der Waals surface area (Å²) >= 11 is 0. The van der Waals surface area contributed by atoms with Gasteiger partial charge in [0.25, 0.3) is 0 Å². The number of para-hydroxylation sites is 2. The van der Waals surface area contributed by atoms with E-state index in [1.54, 1.807) is 0 Å². The van der Waals surface area contributed by atoms with E-state index < -0.39 is 0 Å². The average Bonchev–Trinajstić information content (AvgIpc) is 3.50. The first-order valence-corrected chi connectivity index (χ1v) is 13.4. The van der Waals surface area contributed by atoms with Crippen molar-refractivity contribution < 1.29 is 0 Å². The zero-order valence-electron chi connectivity index (χ0n) is 21.7. The maximum atomic E-state index is 2.45. The van der Waals surface area contributed by atoms with E-state index in [9.17, 15) is 0 Å². The molecule has 0 fully saturated rings. The van der Waals surface area contributed by atoms with Gasteiger partial charge < -0.3 is 9.13 Å². The van der Waals surface area contributed by atoms with Crippen LogP contribution in [0.1, 0.15) is 0 Å². The SMILES string of the molecule is Cn1c2ccccc2c2ccc3c(c4ccccc4n3-c3cc(-c4ccccc4)cc(-c4ccccc4)c3)c21. The van der Waals surface area contributed by atoms with Gasteiger partial charge in [-0.05, 0) is 58.7 Å². The summed E-state index contributed by atoms with van der Waals surface area (Å²) in [6.45, 7) is 0. The first-order valence-electron chi connectivity index (χ1n) is 13.4. The number of hydrogen-bond acceptors (Lipinski definition) is 0. The van der Waals surface area contributed by atoms with E-state index in [0.717, 1.165) is 0 Å². The van der Waals surface area contributed by atoms with Crippen LogP contribution in [0.15, 0.2) is 140 Å². The molecule has 0 aliphatic rings. The van der Waals surface area contributed by atoms with Gasteiger partial charge >= 0.3 is 0 Å². The lowest BCUT2D eigenvalue weighted by Crippen LogP contribution is -1.96. The van der Waals surface area contributed by atoms with Crippen LogP contribution in [-0.2, 0) is 7.05 Å². The number of fused-ring (bicyclic) bond motifs is 7. The number of nitrogens with zero attached hydrogens (tertiary/aromatic N) is 2. The fraction of sp³-hybridized carbons (Fsp3) is 0.0270. The molecule has 0 N–H and O–H groups in total. The van der Waals surface area contributed by atoms with E-state index >= 15 is 0 Å². The van der Waals surface area contributed by atoms with E-state index in [-0.39, 0.29) is 0 Å². The van der Waals surface area contributed by atoms with Crippen LogP contribution in [0, 0.1) is 0 Å². The highest BCUT2D eigenvalue weighted by molar-refractivity contribution is 6.25. The summed E-state index contributed by atoms with van der Waals surface area (Å²) in [6.07, 6.45) is 0. The summed E-state index contributed by atoms with van der Waals surface area (Å²) in [5.41, 5.74) is 11.0. The molecule has 2 aromatic heterocycles. The van der Waals surface area contributed by atoms with Gasteiger partial charge in [0.2, 0.25) is 0 Å². The van der Waals surface area contributed by atoms with Gasteiger partial charge in [0.1, 0.15) is 0 Å². The average molecular weight is 499 g/mol. The Morgan fingerprint density at radius 2 is 0.974 bits per heavy atom. The standard InChI is InChI=1S/C37H26N2/c1-38-33-18-10-8-16-30(33)31-20-21-35-36(37(31)38)32-17-9-11-19-34(32)39(35)29-23-27(25-12-4-2-5-13-25)22-28(24-29)26-14-6-3-7-15-26/h2-24H,1H3. The molecule has 184 valence electrons. The van der Waals surface area contributed by atoms with Crippen molar-refractivity contribution in [3.05, 3.63) is 140 Å². The third-order valence-electron chi connectivity index (χ3n) is 8.09. The lowest BCUT2D eigenvalue weighted by molar-refractivity contribution is 1.02. The molecule has 0 atom stereocenters. The molecule has 2 heterocycles. The van der Waals surface area contributed by atoms with Crippen molar-refractivity contribution in [3.8, 4) is 27.9 Å². The number of benzene rings is 6. The zero-order valence-corrected chi connectivity index (χ0v) is 21.7. The molecule has 8 rings (SSSR count). The first-order chi connectivity index (χ1) is 19.3. The van der Waals surface area contributed by atoms with Crippen LogP contribution in [0.5, 0.6) is 0 Å². The Hall–Kier alpha value is -5.08. The predicted molar refractivity (Wildman–Crippen MR) is 166 cm³/mol. The summed E-state index contributed by atoms with van der Waals surface area (Å²) < 4.78 is 4.81. The molecular weight excluding hydrogens is 472 g/mol. The molecule has 0 aliphatic carbocycles. The molecule has 0 bridgehead atoms. The van der Waals surface area contributed by atoms with Gasteiger partial charge in [0, 0.05) is 39.8 Å². The Balaban J connectivity index is 1.51. The first kappa shape index (κ1) is 22.0. The number of hydrogen-bond donors (Lipinski definition) is 0. The maximum absolute atomic E-state index is 2.45. The van der Waals surface area contributed by atoms with E-state index in [1.165, 1.54) is 71.6 Å². The minimum Gasteiger partial charge on any atom is -0.343 e. The highest BCUT2D eigenvalue weighted by Gasteiger charge is 2.19. The number of aromatic nitrogens is 2. The van der Waals surface area contributed by atoms with Gasteiger partial charge in [-0.3, -0.25) is 0 Å². The minimum atomic E-state index is 1.17. The van der Waals surface area contributed by atoms with E-state index in [4.69, 9.17) is 0 Å². The Morgan fingerprint density at radius 1 is 0.410 bits per heavy atom. The summed E-state index contributed by atoms with van der Waals surface area (Å²) in [5, 5.41) is 5.17. The molecule has 2 nitrogen and oxygen atoms in total. The fourth-order valence-electron chi connectivity index (χ4n) is 6.34. The molecular formula is C37H26N2. The molecule has 2 heteroatoms. The third kappa shape index (κ3) is 3.28. The molecule has 0 spiro atoms. The normalized spacial score (nSPS) is 11.7. The monoisotopic (exact) mass is 498 g/mol. The summed E-state index contributed by atoms with van der Waals surface area (Å²) in [4.78, 5) is 0. The van der Waals surface area contributed by atoms with Gasteiger partial charge in [-0.25, -0.2) is 0 Å². The van der Waals surface area contributed by atoms with Crippen LogP contribution in [0.3, 0.4) is 0 Å². The predicted octanol–water partition coefficient (Wildman–Crippen LogP) is 9.76. The summed E-state index contributed by atoms with van der Waals surface area (Å²) in [5.74, 6) is 0. The second kappa shape index (κ2) is 8.47. The second-order valence-electron chi connectivity index (χ2n) is 10.3. The van der Waals surface area contributed by atoms with Gasteiger partial charge in [0.15, 0.2) is 0 Å². The maximum Gasteiger partial charge on any atom is 0.0590 e. The van der Waals surface area contributed by atoms with Gasteiger partial charge in [-0.1, -0.05) is 103 Å². The Kier molecular flexibility index (Phi) is 4.77. The molecule has 0 aliphatic heterocycles. The molecule has 6 aromatic carbocycles. The van der Waals surface area contributed by atoms with Gasteiger partial charge in [-0.2, -0.15) is 0 Å². The molecule has 8 aromatic rings. The molecule has 0 unspecified atom stereocenters. The quantitative estimate of drug-likeness (QED) is 0.229. The van der Waals surface area contributed by atoms with Crippen molar-refractivity contribution in [1.29, 1.82) is 0 Å². The molecule has 0 amide bonds. The fourth-order valence-corrected chi connectivity index (χ4v) is 6.34. The molecule has 39 heavy (non-hydrogen) atoms. The Bertz CT molecular complexity index is 2110. The molecule has 0 saturated heterocycles. The van der Waals surface area contributed by atoms with Crippen LogP contribution in [0.4, 0.5) is 0 Å². The van der Waals surface area contributed by atoms with Crippen LogP contribution in [-0.4, -0.2) is 9.13 Å². The highest BCUT2D eigenvalue weighted by atomic mass is 15.0. The smallest absolute Gasteiger partial charge is 0.0590 e. The van der Waals surface area contributed by atoms with E-state index in [0.29, 0.717) is 0 Å². The number of aryl methyl sites for hydroxylation is 1. The van der Waals surface area contributed by atoms with Crippen LogP contribution >= 0.6 is 0 Å². The third-order valence-corrected chi connectivity index (χ3v) is 8.09. The largest absolute Gasteiger partial charge is 0.343 e. The van der Waals surface area contributed by atoms with E-state index in [1.807, 2.05) is 0 Å². The van der Waals surface area contributed by atoms with Gasteiger partial charge in [-0.15, -0.1) is 0 Å². The van der Waals surface area contributed by atoms with Crippen LogP contribution < -0.4 is 0 Å². The topological polar surface area (TPSA) is 9.86 Å². The Labute approximate surface area is 227 Å². The van der Waals surface area contributed by atoms with Crippen molar-refractivity contribution in [2.24, 2.45) is 7.05 Å². The van der Waals surface area contributed by atoms with Crippen molar-refractivity contribution in [2.45, 2.75) is 0 Å². The van der Waals surface area contributed by atoms with Gasteiger partial charge in [0.05, 0.1) is 16.6 Å². The lowest BCUT2D eigenvalue weighted by atomic mass is 9.98. The minimum absolute atomic E-state index is 1.17. The van der Waals surface area contributed by atoms with Crippen molar-refractivity contribution in [2.75, 3.05) is 0 Å². The van der Waals surface area contributed by atoms with Crippen LogP contribution in [0.25, 0.3) is 71.6 Å². The second-order valence-corrected chi connectivity index (χ2v) is 10.3. The highest BCUT2D eigenvalue weighted by Crippen LogP contribution is 2.41. The van der Waals surface area contributed by atoms with E-state index in [2.05, 4.69) is 156 Å². The summed E-state index contributed by atoms with van der Waals surface area (Å²) in [6, 6.07) is 50.5. The van der Waals surface area contributed by atoms with Crippen LogP contribution in [0.2, 0.25) is 0 Å². The number of rotatable bonds is 3. The molecule has 0 radical (unpaired) electrons. The Morgan fingerprint density at radius 3 is 1.64 bits per heavy atom. The summed E-state index contributed by atoms with van der Waals surface area (Å²) in [7, 11) is 2.19. The van der Waals surface area contributed by atoms with Crippen molar-refractivity contribution >= 4 is 43.6 Å².